The molecule has 0 spiro atoms. The SMILES string of the molecule is COc1ccc(-c2nc(SCC(=O)N(Cc3ccccc3)C(C)C)n[nH]2)cc1. The van der Waals surface area contributed by atoms with E-state index in [4.69, 9.17) is 4.74 Å². The van der Waals surface area contributed by atoms with E-state index in [1.54, 1.807) is 7.11 Å². The van der Waals surface area contributed by atoms with Crippen LogP contribution in [0.25, 0.3) is 11.4 Å². The summed E-state index contributed by atoms with van der Waals surface area (Å²) >= 11 is 1.34. The van der Waals surface area contributed by atoms with Crippen LogP contribution in [0.4, 0.5) is 0 Å². The second-order valence-corrected chi connectivity index (χ2v) is 7.53. The third-order valence-electron chi connectivity index (χ3n) is 4.29. The van der Waals surface area contributed by atoms with Gasteiger partial charge in [0.2, 0.25) is 11.1 Å². The largest absolute Gasteiger partial charge is 0.497 e. The molecule has 0 atom stereocenters. The molecule has 3 aromatic rings. The summed E-state index contributed by atoms with van der Waals surface area (Å²) in [5.41, 5.74) is 2.04. The molecule has 1 N–H and O–H groups in total. The number of methoxy groups -OCH3 is 1. The highest BCUT2D eigenvalue weighted by Crippen LogP contribution is 2.22. The van der Waals surface area contributed by atoms with Crippen LogP contribution in [0.15, 0.2) is 59.8 Å². The molecule has 28 heavy (non-hydrogen) atoms. The van der Waals surface area contributed by atoms with E-state index in [9.17, 15) is 4.79 Å². The third-order valence-corrected chi connectivity index (χ3v) is 5.12. The fraction of sp³-hybridized carbons (Fsp3) is 0.286. The summed E-state index contributed by atoms with van der Waals surface area (Å²) in [6.45, 7) is 4.66. The van der Waals surface area contributed by atoms with E-state index in [1.807, 2.05) is 73.3 Å². The van der Waals surface area contributed by atoms with Crippen molar-refractivity contribution in [2.75, 3.05) is 12.9 Å². The molecule has 3 rings (SSSR count). The minimum absolute atomic E-state index is 0.0691. The number of carbonyl (C=O) groups is 1. The van der Waals surface area contributed by atoms with Crippen molar-refractivity contribution in [2.24, 2.45) is 0 Å². The number of amides is 1. The first-order valence-corrected chi connectivity index (χ1v) is 10.1. The summed E-state index contributed by atoms with van der Waals surface area (Å²) in [6.07, 6.45) is 0. The van der Waals surface area contributed by atoms with Crippen molar-refractivity contribution in [2.45, 2.75) is 31.6 Å². The van der Waals surface area contributed by atoms with E-state index >= 15 is 0 Å². The quantitative estimate of drug-likeness (QED) is 0.583. The van der Waals surface area contributed by atoms with E-state index in [0.29, 0.717) is 23.3 Å². The van der Waals surface area contributed by atoms with Gasteiger partial charge >= 0.3 is 0 Å². The van der Waals surface area contributed by atoms with Gasteiger partial charge in [0.25, 0.3) is 0 Å². The van der Waals surface area contributed by atoms with Gasteiger partial charge in [0.1, 0.15) is 5.75 Å². The van der Waals surface area contributed by atoms with Crippen molar-refractivity contribution in [3.8, 4) is 17.1 Å². The molecule has 0 fully saturated rings. The monoisotopic (exact) mass is 396 g/mol. The van der Waals surface area contributed by atoms with Crippen LogP contribution in [0.3, 0.4) is 0 Å². The summed E-state index contributed by atoms with van der Waals surface area (Å²) in [5, 5.41) is 7.71. The number of H-pyrrole nitrogens is 1. The lowest BCUT2D eigenvalue weighted by molar-refractivity contribution is -0.130. The maximum atomic E-state index is 12.7. The zero-order valence-electron chi connectivity index (χ0n) is 16.3. The van der Waals surface area contributed by atoms with Gasteiger partial charge in [-0.05, 0) is 43.7 Å². The molecule has 0 aliphatic rings. The molecule has 0 radical (unpaired) electrons. The fourth-order valence-corrected chi connectivity index (χ4v) is 3.42. The molecule has 0 saturated carbocycles. The number of nitrogens with one attached hydrogen (secondary N) is 1. The Hall–Kier alpha value is -2.80. The number of nitrogens with zero attached hydrogens (tertiary/aromatic N) is 3. The number of ether oxygens (including phenoxy) is 1. The second-order valence-electron chi connectivity index (χ2n) is 6.58. The van der Waals surface area contributed by atoms with Crippen molar-refractivity contribution < 1.29 is 9.53 Å². The molecular formula is C21H24N4O2S. The van der Waals surface area contributed by atoms with Gasteiger partial charge in [0.05, 0.1) is 12.9 Å². The van der Waals surface area contributed by atoms with Crippen LogP contribution in [-0.4, -0.2) is 44.9 Å². The predicted octanol–water partition coefficient (Wildman–Crippen LogP) is 4.01. The van der Waals surface area contributed by atoms with E-state index in [0.717, 1.165) is 16.9 Å². The van der Waals surface area contributed by atoms with Crippen molar-refractivity contribution in [3.05, 3.63) is 60.2 Å². The molecule has 6 nitrogen and oxygen atoms in total. The summed E-state index contributed by atoms with van der Waals surface area (Å²) < 4.78 is 5.17. The maximum absolute atomic E-state index is 12.7. The molecule has 0 saturated heterocycles. The van der Waals surface area contributed by atoms with Crippen LogP contribution >= 0.6 is 11.8 Å². The zero-order chi connectivity index (χ0) is 19.9. The average molecular weight is 397 g/mol. The van der Waals surface area contributed by atoms with Crippen LogP contribution in [0.1, 0.15) is 19.4 Å². The first kappa shape index (κ1) is 19.9. The van der Waals surface area contributed by atoms with Crippen molar-refractivity contribution in [3.63, 3.8) is 0 Å². The Morgan fingerprint density at radius 3 is 2.50 bits per heavy atom. The molecule has 1 heterocycles. The third kappa shape index (κ3) is 5.13. The molecule has 2 aromatic carbocycles. The summed E-state index contributed by atoms with van der Waals surface area (Å²) in [6, 6.07) is 17.7. The number of aromatic nitrogens is 3. The number of hydrogen-bond acceptors (Lipinski definition) is 5. The smallest absolute Gasteiger partial charge is 0.233 e. The Labute approximate surface area is 169 Å². The first-order chi connectivity index (χ1) is 13.6. The predicted molar refractivity (Wildman–Crippen MR) is 111 cm³/mol. The molecular weight excluding hydrogens is 372 g/mol. The molecule has 0 bridgehead atoms. The van der Waals surface area contributed by atoms with Crippen LogP contribution in [0, 0.1) is 0 Å². The van der Waals surface area contributed by atoms with Crippen LogP contribution in [0.2, 0.25) is 0 Å². The number of benzene rings is 2. The molecule has 146 valence electrons. The van der Waals surface area contributed by atoms with E-state index in [2.05, 4.69) is 15.2 Å². The Bertz CT molecular complexity index is 894. The lowest BCUT2D eigenvalue weighted by atomic mass is 10.2. The summed E-state index contributed by atoms with van der Waals surface area (Å²) in [7, 11) is 1.63. The van der Waals surface area contributed by atoms with Gasteiger partial charge in [0, 0.05) is 18.2 Å². The van der Waals surface area contributed by atoms with Gasteiger partial charge in [-0.2, -0.15) is 0 Å². The van der Waals surface area contributed by atoms with Crippen LogP contribution < -0.4 is 4.74 Å². The minimum atomic E-state index is 0.0691. The van der Waals surface area contributed by atoms with Crippen molar-refractivity contribution in [1.29, 1.82) is 0 Å². The van der Waals surface area contributed by atoms with Gasteiger partial charge in [-0.25, -0.2) is 4.98 Å². The molecule has 1 aromatic heterocycles. The lowest BCUT2D eigenvalue weighted by Gasteiger charge is -2.26. The Kier molecular flexibility index (Phi) is 6.71. The van der Waals surface area contributed by atoms with Gasteiger partial charge in [-0.3, -0.25) is 9.89 Å². The van der Waals surface area contributed by atoms with Crippen molar-refractivity contribution >= 4 is 17.7 Å². The Morgan fingerprint density at radius 1 is 1.14 bits per heavy atom. The Balaban J connectivity index is 1.60. The molecule has 7 heteroatoms. The molecule has 0 aliphatic heterocycles. The maximum Gasteiger partial charge on any atom is 0.233 e. The highest BCUT2D eigenvalue weighted by molar-refractivity contribution is 7.99. The molecule has 0 aliphatic carbocycles. The van der Waals surface area contributed by atoms with Crippen molar-refractivity contribution in [1.82, 2.24) is 20.1 Å². The minimum Gasteiger partial charge on any atom is -0.497 e. The first-order valence-electron chi connectivity index (χ1n) is 9.10. The van der Waals surface area contributed by atoms with Gasteiger partial charge in [0.15, 0.2) is 5.82 Å². The Morgan fingerprint density at radius 2 is 1.86 bits per heavy atom. The van der Waals surface area contributed by atoms with E-state index in [-0.39, 0.29) is 11.9 Å². The fourth-order valence-electron chi connectivity index (χ4n) is 2.74. The topological polar surface area (TPSA) is 71.1 Å². The lowest BCUT2D eigenvalue weighted by Crippen LogP contribution is -2.37. The van der Waals surface area contributed by atoms with Gasteiger partial charge in [-0.1, -0.05) is 42.1 Å². The molecule has 1 amide bonds. The zero-order valence-corrected chi connectivity index (χ0v) is 17.1. The number of aromatic amines is 1. The second kappa shape index (κ2) is 9.41. The standard InChI is InChI=1S/C21H24N4O2S/c1-15(2)25(13-16-7-5-4-6-8-16)19(26)14-28-21-22-20(23-24-21)17-9-11-18(27-3)12-10-17/h4-12,15H,13-14H2,1-3H3,(H,22,23,24). The van der Waals surface area contributed by atoms with Crippen LogP contribution in [-0.2, 0) is 11.3 Å². The van der Waals surface area contributed by atoms with Gasteiger partial charge in [-0.15, -0.1) is 5.10 Å². The normalized spacial score (nSPS) is 10.9. The summed E-state index contributed by atoms with van der Waals surface area (Å²) in [4.78, 5) is 19.1. The highest BCUT2D eigenvalue weighted by atomic mass is 32.2. The number of hydrogen-bond donors (Lipinski definition) is 1. The number of carbonyl (C=O) groups excluding carboxylic acids is 1. The van der Waals surface area contributed by atoms with E-state index < -0.39 is 0 Å². The van der Waals surface area contributed by atoms with E-state index in [1.165, 1.54) is 11.8 Å². The number of thioether (sulfide) groups is 1. The summed E-state index contributed by atoms with van der Waals surface area (Å²) in [5.74, 6) is 1.82. The van der Waals surface area contributed by atoms with Gasteiger partial charge < -0.3 is 9.64 Å². The van der Waals surface area contributed by atoms with Crippen LogP contribution in [0.5, 0.6) is 5.75 Å². The average Bonchev–Trinajstić information content (AvgIpc) is 3.20. The molecule has 0 unspecified atom stereocenters. The number of rotatable bonds is 8. The highest BCUT2D eigenvalue weighted by Gasteiger charge is 2.18.